The van der Waals surface area contributed by atoms with Crippen molar-refractivity contribution >= 4 is 3.27 Å². The molecule has 18 heavy (non-hydrogen) atoms. The second kappa shape index (κ2) is 4.63. The number of benzene rings is 1. The van der Waals surface area contributed by atoms with Crippen LogP contribution in [0.15, 0.2) is 18.2 Å². The molecule has 0 saturated carbocycles. The second-order valence-corrected chi connectivity index (χ2v) is 5.27. The van der Waals surface area contributed by atoms with Gasteiger partial charge in [0.15, 0.2) is 0 Å². The molecular formula is C10H7AtF6O. The number of hydrogen-bond donors (Lipinski definition) is 1. The summed E-state index contributed by atoms with van der Waals surface area (Å²) in [7, 11) is 0. The Bertz CT molecular complexity index is 437. The molecule has 8 heteroatoms. The fourth-order valence-corrected chi connectivity index (χ4v) is 2.37. The first-order valence-corrected chi connectivity index (χ1v) is 6.00. The number of rotatable bonds is 1. The summed E-state index contributed by atoms with van der Waals surface area (Å²) in [5.41, 5.74) is -5.80. The molecule has 0 atom stereocenters. The third-order valence-electron chi connectivity index (χ3n) is 2.33. The van der Waals surface area contributed by atoms with Crippen LogP contribution in [0.1, 0.15) is 11.1 Å². The Morgan fingerprint density at radius 3 is 1.83 bits per heavy atom. The van der Waals surface area contributed by atoms with Crippen LogP contribution < -0.4 is 3.27 Å². The van der Waals surface area contributed by atoms with Gasteiger partial charge in [0, 0.05) is 0 Å². The zero-order chi connectivity index (χ0) is 14.4. The number of halogens is 6. The van der Waals surface area contributed by atoms with Gasteiger partial charge < -0.3 is 0 Å². The number of aryl methyl sites for hydroxylation is 1. The molecular weight excluding hydrogens is 461 g/mol. The Hall–Kier alpha value is -0.357. The molecule has 0 amide bonds. The van der Waals surface area contributed by atoms with Gasteiger partial charge in [0.05, 0.1) is 0 Å². The van der Waals surface area contributed by atoms with E-state index in [2.05, 4.69) is 0 Å². The normalized spacial score (nSPS) is 13.8. The van der Waals surface area contributed by atoms with Crippen LogP contribution in [0.3, 0.4) is 0 Å². The van der Waals surface area contributed by atoms with Gasteiger partial charge in [0.2, 0.25) is 0 Å². The maximum absolute atomic E-state index is 12.6. The molecule has 1 nitrogen and oxygen atoms in total. The monoisotopic (exact) mass is 468 g/mol. The van der Waals surface area contributed by atoms with Crippen LogP contribution in [0.5, 0.6) is 0 Å². The van der Waals surface area contributed by atoms with Crippen LogP contribution in [-0.2, 0) is 5.60 Å². The summed E-state index contributed by atoms with van der Waals surface area (Å²) in [5, 5.41) is 9.22. The fraction of sp³-hybridized carbons (Fsp3) is 0.400. The molecule has 0 aliphatic heterocycles. The Morgan fingerprint density at radius 2 is 1.44 bits per heavy atom. The van der Waals surface area contributed by atoms with Gasteiger partial charge in [-0.1, -0.05) is 0 Å². The van der Waals surface area contributed by atoms with E-state index in [-0.39, 0.29) is 8.83 Å². The third kappa shape index (κ3) is 2.50. The third-order valence-corrected chi connectivity index (χ3v) is 3.61. The summed E-state index contributed by atoms with van der Waals surface area (Å²) in [6.07, 6.45) is -11.7. The standard InChI is InChI=1S/C10H7AtF6O/c1-5-2-3-7(11)6(4-5)8(18,9(12,13)14)10(15,16)17/h2-4,18H,1H3/i11+1. The molecule has 0 saturated heterocycles. The van der Waals surface area contributed by atoms with Gasteiger partial charge >= 0.3 is 114 Å². The van der Waals surface area contributed by atoms with E-state index in [1.54, 1.807) is 0 Å². The van der Waals surface area contributed by atoms with E-state index < -0.39 is 23.5 Å². The Morgan fingerprint density at radius 1 is 1.00 bits per heavy atom. The number of alkyl halides is 6. The van der Waals surface area contributed by atoms with Gasteiger partial charge in [-0.2, -0.15) is 0 Å². The molecule has 0 bridgehead atoms. The molecule has 0 heterocycles. The van der Waals surface area contributed by atoms with Gasteiger partial charge in [-0.25, -0.2) is 0 Å². The molecule has 0 unspecified atom stereocenters. The topological polar surface area (TPSA) is 20.2 Å². The van der Waals surface area contributed by atoms with E-state index in [0.29, 0.717) is 30.8 Å². The second-order valence-electron chi connectivity index (χ2n) is 3.69. The van der Waals surface area contributed by atoms with E-state index in [4.69, 9.17) is 0 Å². The zero-order valence-corrected chi connectivity index (χ0v) is 11.8. The summed E-state index contributed by atoms with van der Waals surface area (Å²) < 4.78 is 75.6. The van der Waals surface area contributed by atoms with E-state index >= 15 is 0 Å². The predicted molar refractivity (Wildman–Crippen MR) is 46.8 cm³/mol. The van der Waals surface area contributed by atoms with Crippen LogP contribution in [0, 0.1) is 31.6 Å². The SMILES string of the molecule is Cc1ccc([211At])c(C(O)(C(F)(F)F)C(F)(F)F)c1. The van der Waals surface area contributed by atoms with Crippen molar-refractivity contribution in [3.63, 3.8) is 0 Å². The molecule has 0 spiro atoms. The molecule has 0 aliphatic carbocycles. The molecule has 1 aromatic carbocycles. The van der Waals surface area contributed by atoms with Gasteiger partial charge in [-0.05, 0) is 0 Å². The Kier molecular flexibility index (Phi) is 4.04. The maximum atomic E-state index is 12.6. The van der Waals surface area contributed by atoms with Crippen LogP contribution in [0.25, 0.3) is 0 Å². The van der Waals surface area contributed by atoms with Crippen molar-refractivity contribution in [1.82, 2.24) is 0 Å². The van der Waals surface area contributed by atoms with E-state index in [1.165, 1.54) is 13.0 Å². The minimum atomic E-state index is -5.83. The molecule has 0 fully saturated rings. The van der Waals surface area contributed by atoms with Crippen LogP contribution in [0.4, 0.5) is 26.3 Å². The van der Waals surface area contributed by atoms with E-state index in [9.17, 15) is 31.4 Å². The van der Waals surface area contributed by atoms with Crippen LogP contribution in [-0.4, -0.2) is 17.5 Å². The first kappa shape index (κ1) is 15.7. The van der Waals surface area contributed by atoms with Crippen molar-refractivity contribution in [3.8, 4) is 0 Å². The molecule has 0 radical (unpaired) electrons. The first-order chi connectivity index (χ1) is 7.91. The van der Waals surface area contributed by atoms with Gasteiger partial charge in [0.25, 0.3) is 0 Å². The van der Waals surface area contributed by atoms with Crippen molar-refractivity contribution in [1.29, 1.82) is 0 Å². The van der Waals surface area contributed by atoms with E-state index in [0.717, 1.165) is 6.07 Å². The van der Waals surface area contributed by atoms with Crippen LogP contribution in [0.2, 0.25) is 0 Å². The zero-order valence-electron chi connectivity index (χ0n) is 8.83. The van der Waals surface area contributed by atoms with Gasteiger partial charge in [-0.3, -0.25) is 0 Å². The van der Waals surface area contributed by atoms with Crippen molar-refractivity contribution in [2.75, 3.05) is 0 Å². The average Bonchev–Trinajstić information content (AvgIpc) is 2.17. The fourth-order valence-electron chi connectivity index (χ4n) is 1.38. The number of aliphatic hydroxyl groups is 1. The van der Waals surface area contributed by atoms with Gasteiger partial charge in [0.1, 0.15) is 0 Å². The van der Waals surface area contributed by atoms with E-state index in [1.807, 2.05) is 0 Å². The quantitative estimate of drug-likeness (QED) is 0.629. The number of hydrogen-bond acceptors (Lipinski definition) is 1. The summed E-state index contributed by atoms with van der Waals surface area (Å²) in [4.78, 5) is 0. The molecule has 1 rings (SSSR count). The van der Waals surface area contributed by atoms with Crippen molar-refractivity contribution in [3.05, 3.63) is 29.3 Å². The summed E-state index contributed by atoms with van der Waals surface area (Å²) in [6.45, 7) is 1.35. The predicted octanol–water partition coefficient (Wildman–Crippen LogP) is 2.48. The van der Waals surface area contributed by atoms with Gasteiger partial charge in [-0.15, -0.1) is 0 Å². The van der Waals surface area contributed by atoms with Crippen molar-refractivity contribution in [2.24, 2.45) is 0 Å². The summed E-state index contributed by atoms with van der Waals surface area (Å²) >= 11 is 0.633. The average molecular weight is 468 g/mol. The molecule has 0 aromatic heterocycles. The molecule has 1 N–H and O–H groups in total. The Labute approximate surface area is 114 Å². The van der Waals surface area contributed by atoms with Crippen molar-refractivity contribution in [2.45, 2.75) is 24.9 Å². The van der Waals surface area contributed by atoms with Crippen LogP contribution >= 0.6 is 0 Å². The van der Waals surface area contributed by atoms with Crippen molar-refractivity contribution < 1.29 is 56.2 Å². The molecule has 0 aliphatic rings. The summed E-state index contributed by atoms with van der Waals surface area (Å²) in [6, 6.07) is 3.21. The summed E-state index contributed by atoms with van der Waals surface area (Å²) in [5.74, 6) is 0. The molecule has 102 valence electrons. The minimum absolute atomic E-state index is 0.206. The molecule has 1 aromatic rings. The first-order valence-electron chi connectivity index (χ1n) is 4.53. The Balaban J connectivity index is 3.61.